The van der Waals surface area contributed by atoms with Crippen LogP contribution >= 0.6 is 27.5 Å². The molecule has 0 bridgehead atoms. The number of carbonyl (C=O) groups excluding carboxylic acids is 1. The van der Waals surface area contributed by atoms with E-state index < -0.39 is 11.0 Å². The molecule has 37 heavy (non-hydrogen) atoms. The Kier molecular flexibility index (Phi) is 6.90. The summed E-state index contributed by atoms with van der Waals surface area (Å²) in [5.41, 5.74) is 3.09. The molecule has 5 rings (SSSR count). The molecule has 0 saturated carbocycles. The van der Waals surface area contributed by atoms with Crippen molar-refractivity contribution in [3.8, 4) is 11.1 Å². The fourth-order valence-electron chi connectivity index (χ4n) is 4.64. The molecule has 1 aliphatic heterocycles. The van der Waals surface area contributed by atoms with Gasteiger partial charge in [0.1, 0.15) is 0 Å². The molecule has 0 saturated heterocycles. The molecule has 1 aliphatic rings. The molecule has 0 aliphatic carbocycles. The second-order valence-corrected chi connectivity index (χ2v) is 9.85. The van der Waals surface area contributed by atoms with E-state index in [1.54, 1.807) is 12.1 Å². The number of non-ortho nitro benzene ring substituents is 1. The first-order chi connectivity index (χ1) is 17.9. The molecule has 10 heteroatoms. The van der Waals surface area contributed by atoms with Gasteiger partial charge in [-0.2, -0.15) is 5.10 Å². The summed E-state index contributed by atoms with van der Waals surface area (Å²) in [6.45, 7) is 0. The van der Waals surface area contributed by atoms with Crippen LogP contribution in [0.4, 0.5) is 5.69 Å². The summed E-state index contributed by atoms with van der Waals surface area (Å²) in [6.07, 6.45) is 0.244. The SMILES string of the molecule is O=C(CCCl)N1N=C(c2c(-c3ccccc3)c3cc(Br)ccc3[nH]c2=O)C[C@@H]1c1cccc([N+](=O)[O-])c1. The Morgan fingerprint density at radius 1 is 1.11 bits per heavy atom. The van der Waals surface area contributed by atoms with Crippen LogP contribution in [0, 0.1) is 10.1 Å². The minimum Gasteiger partial charge on any atom is -0.321 e. The van der Waals surface area contributed by atoms with Crippen molar-refractivity contribution in [2.45, 2.75) is 18.9 Å². The van der Waals surface area contributed by atoms with Crippen LogP contribution in [0.3, 0.4) is 0 Å². The number of nitrogens with one attached hydrogen (secondary N) is 1. The topological polar surface area (TPSA) is 109 Å². The lowest BCUT2D eigenvalue weighted by Crippen LogP contribution is -2.27. The van der Waals surface area contributed by atoms with Crippen LogP contribution in [0.2, 0.25) is 0 Å². The van der Waals surface area contributed by atoms with Gasteiger partial charge < -0.3 is 4.98 Å². The number of halogens is 2. The van der Waals surface area contributed by atoms with E-state index in [1.807, 2.05) is 48.5 Å². The maximum absolute atomic E-state index is 13.5. The van der Waals surface area contributed by atoms with E-state index in [2.05, 4.69) is 26.0 Å². The molecule has 3 aromatic carbocycles. The number of nitrogens with zero attached hydrogens (tertiary/aromatic N) is 3. The number of H-pyrrole nitrogens is 1. The fourth-order valence-corrected chi connectivity index (χ4v) is 5.16. The number of aromatic amines is 1. The number of hydrogen-bond acceptors (Lipinski definition) is 5. The van der Waals surface area contributed by atoms with E-state index in [4.69, 9.17) is 11.6 Å². The molecule has 1 atom stereocenters. The second kappa shape index (κ2) is 10.3. The quantitative estimate of drug-likeness (QED) is 0.167. The monoisotopic (exact) mass is 578 g/mol. The van der Waals surface area contributed by atoms with E-state index in [-0.39, 0.29) is 35.9 Å². The Hall–Kier alpha value is -3.82. The first-order valence-corrected chi connectivity index (χ1v) is 12.8. The maximum Gasteiger partial charge on any atom is 0.269 e. The molecule has 0 spiro atoms. The van der Waals surface area contributed by atoms with Crippen LogP contribution in [0.1, 0.15) is 30.0 Å². The number of fused-ring (bicyclic) bond motifs is 1. The first kappa shape index (κ1) is 24.9. The molecule has 0 radical (unpaired) electrons. The van der Waals surface area contributed by atoms with Crippen molar-refractivity contribution in [1.29, 1.82) is 0 Å². The van der Waals surface area contributed by atoms with E-state index in [0.29, 0.717) is 27.9 Å². The highest BCUT2D eigenvalue weighted by atomic mass is 79.9. The Labute approximate surface area is 224 Å². The van der Waals surface area contributed by atoms with Crippen LogP contribution < -0.4 is 5.56 Å². The largest absolute Gasteiger partial charge is 0.321 e. The Morgan fingerprint density at radius 3 is 2.62 bits per heavy atom. The van der Waals surface area contributed by atoms with Gasteiger partial charge in [0.05, 0.1) is 22.2 Å². The average molecular weight is 580 g/mol. The number of hydrogen-bond donors (Lipinski definition) is 1. The predicted octanol–water partition coefficient (Wildman–Crippen LogP) is 6.17. The number of alkyl halides is 1. The molecule has 1 N–H and O–H groups in total. The molecule has 1 amide bonds. The number of hydrazone groups is 1. The minimum absolute atomic E-state index is 0.0380. The molecule has 0 fully saturated rings. The van der Waals surface area contributed by atoms with Crippen molar-refractivity contribution in [3.63, 3.8) is 0 Å². The number of carbonyl (C=O) groups is 1. The van der Waals surface area contributed by atoms with Gasteiger partial charge in [-0.05, 0) is 29.3 Å². The van der Waals surface area contributed by atoms with Crippen LogP contribution in [0.15, 0.2) is 87.2 Å². The number of rotatable bonds is 6. The zero-order chi connectivity index (χ0) is 26.1. The van der Waals surface area contributed by atoms with Gasteiger partial charge in [-0.15, -0.1) is 11.6 Å². The zero-order valence-electron chi connectivity index (χ0n) is 19.4. The first-order valence-electron chi connectivity index (χ1n) is 11.5. The molecule has 186 valence electrons. The van der Waals surface area contributed by atoms with Gasteiger partial charge in [0.15, 0.2) is 0 Å². The third-order valence-electron chi connectivity index (χ3n) is 6.27. The van der Waals surface area contributed by atoms with Crippen LogP contribution in [-0.4, -0.2) is 32.4 Å². The summed E-state index contributed by atoms with van der Waals surface area (Å²) in [4.78, 5) is 40.4. The lowest BCUT2D eigenvalue weighted by molar-refractivity contribution is -0.384. The summed E-state index contributed by atoms with van der Waals surface area (Å²) >= 11 is 9.38. The third kappa shape index (κ3) is 4.80. The highest BCUT2D eigenvalue weighted by molar-refractivity contribution is 9.10. The summed E-state index contributed by atoms with van der Waals surface area (Å²) in [7, 11) is 0. The maximum atomic E-state index is 13.5. The average Bonchev–Trinajstić information content (AvgIpc) is 3.34. The molecular formula is C27H20BrClN4O4. The molecule has 8 nitrogen and oxygen atoms in total. The Bertz CT molecular complexity index is 1620. The van der Waals surface area contributed by atoms with Gasteiger partial charge in [-0.25, -0.2) is 5.01 Å². The smallest absolute Gasteiger partial charge is 0.269 e. The molecular weight excluding hydrogens is 560 g/mol. The molecule has 1 aromatic heterocycles. The highest BCUT2D eigenvalue weighted by Gasteiger charge is 2.35. The van der Waals surface area contributed by atoms with Crippen molar-refractivity contribution < 1.29 is 9.72 Å². The lowest BCUT2D eigenvalue weighted by atomic mass is 9.91. The molecule has 0 unspecified atom stereocenters. The fraction of sp³-hybridized carbons (Fsp3) is 0.148. The van der Waals surface area contributed by atoms with Gasteiger partial charge >= 0.3 is 0 Å². The van der Waals surface area contributed by atoms with Crippen molar-refractivity contribution in [2.24, 2.45) is 5.10 Å². The zero-order valence-corrected chi connectivity index (χ0v) is 21.7. The van der Waals surface area contributed by atoms with Crippen molar-refractivity contribution in [1.82, 2.24) is 9.99 Å². The predicted molar refractivity (Wildman–Crippen MR) is 147 cm³/mol. The van der Waals surface area contributed by atoms with Gasteiger partial charge in [0.25, 0.3) is 11.2 Å². The van der Waals surface area contributed by atoms with Gasteiger partial charge in [-0.3, -0.25) is 19.7 Å². The number of amides is 1. The number of nitro benzene ring substituents is 1. The van der Waals surface area contributed by atoms with Crippen LogP contribution in [-0.2, 0) is 4.79 Å². The number of pyridine rings is 1. The van der Waals surface area contributed by atoms with E-state index in [0.717, 1.165) is 15.4 Å². The minimum atomic E-state index is -0.619. The van der Waals surface area contributed by atoms with Gasteiger partial charge in [-0.1, -0.05) is 58.4 Å². The van der Waals surface area contributed by atoms with E-state index >= 15 is 0 Å². The van der Waals surface area contributed by atoms with Crippen LogP contribution in [0.25, 0.3) is 22.0 Å². The van der Waals surface area contributed by atoms with E-state index in [9.17, 15) is 19.7 Å². The number of aromatic nitrogens is 1. The number of nitro groups is 1. The van der Waals surface area contributed by atoms with Crippen molar-refractivity contribution in [3.05, 3.63) is 109 Å². The third-order valence-corrected chi connectivity index (χ3v) is 6.95. The van der Waals surface area contributed by atoms with Crippen molar-refractivity contribution >= 4 is 55.7 Å². The van der Waals surface area contributed by atoms with Crippen molar-refractivity contribution in [2.75, 3.05) is 5.88 Å². The van der Waals surface area contributed by atoms with Gasteiger partial charge in [0, 0.05) is 51.8 Å². The summed E-state index contributed by atoms with van der Waals surface area (Å²) in [5.74, 6) is -0.232. The summed E-state index contributed by atoms with van der Waals surface area (Å²) in [6, 6.07) is 20.6. The Morgan fingerprint density at radius 2 is 1.89 bits per heavy atom. The summed E-state index contributed by atoms with van der Waals surface area (Å²) < 4.78 is 0.844. The second-order valence-electron chi connectivity index (χ2n) is 8.56. The lowest BCUT2D eigenvalue weighted by Gasteiger charge is -2.21. The Balaban J connectivity index is 1.72. The van der Waals surface area contributed by atoms with Gasteiger partial charge in [0.2, 0.25) is 5.91 Å². The van der Waals surface area contributed by atoms with Crippen LogP contribution in [0.5, 0.6) is 0 Å². The number of benzene rings is 3. The highest BCUT2D eigenvalue weighted by Crippen LogP contribution is 2.38. The standard InChI is InChI=1S/C27H20BrClN4O4/c28-18-9-10-21-20(14-18)25(16-5-2-1-3-6-16)26(27(35)30-21)22-15-23(32(31-22)24(34)11-12-29)17-7-4-8-19(13-17)33(36)37/h1-10,13-14,23H,11-12,15H2,(H,30,35)/t23-/m1/s1. The van der Waals surface area contributed by atoms with E-state index in [1.165, 1.54) is 17.1 Å². The molecule has 2 heterocycles. The summed E-state index contributed by atoms with van der Waals surface area (Å²) in [5, 5.41) is 18.1. The normalized spacial score (nSPS) is 15.1. The molecule has 4 aromatic rings.